The van der Waals surface area contributed by atoms with Gasteiger partial charge in [-0.2, -0.15) is 0 Å². The summed E-state index contributed by atoms with van der Waals surface area (Å²) in [6.45, 7) is 3.66. The standard InChI is InChI=1S/C11H15NO4/c1-3-9(13)7-16-11-5-4-8(2)6-10(11)12(14)15/h4-6,9,13H,3,7H2,1-2H3. The number of nitrogens with zero attached hydrogens (tertiary/aromatic N) is 1. The van der Waals surface area contributed by atoms with Crippen LogP contribution in [0.1, 0.15) is 18.9 Å². The van der Waals surface area contributed by atoms with Gasteiger partial charge in [0.2, 0.25) is 0 Å². The van der Waals surface area contributed by atoms with Gasteiger partial charge in [-0.25, -0.2) is 0 Å². The molecule has 88 valence electrons. The molecule has 5 nitrogen and oxygen atoms in total. The van der Waals surface area contributed by atoms with Gasteiger partial charge in [-0.05, 0) is 25.0 Å². The summed E-state index contributed by atoms with van der Waals surface area (Å²) >= 11 is 0. The molecule has 0 bridgehead atoms. The molecule has 0 radical (unpaired) electrons. The highest BCUT2D eigenvalue weighted by atomic mass is 16.6. The highest BCUT2D eigenvalue weighted by Crippen LogP contribution is 2.27. The third-order valence-electron chi connectivity index (χ3n) is 2.21. The summed E-state index contributed by atoms with van der Waals surface area (Å²) in [4.78, 5) is 10.3. The molecule has 0 aromatic heterocycles. The van der Waals surface area contributed by atoms with E-state index in [1.54, 1.807) is 19.1 Å². The van der Waals surface area contributed by atoms with Crippen LogP contribution in [0.15, 0.2) is 18.2 Å². The lowest BCUT2D eigenvalue weighted by atomic mass is 10.2. The molecular formula is C11H15NO4. The van der Waals surface area contributed by atoms with Gasteiger partial charge < -0.3 is 9.84 Å². The van der Waals surface area contributed by atoms with E-state index in [1.807, 2.05) is 6.92 Å². The molecule has 1 aromatic rings. The number of rotatable bonds is 5. The second-order valence-electron chi connectivity index (χ2n) is 3.60. The van der Waals surface area contributed by atoms with Gasteiger partial charge in [-0.1, -0.05) is 13.0 Å². The van der Waals surface area contributed by atoms with Crippen molar-refractivity contribution < 1.29 is 14.8 Å². The molecule has 0 saturated carbocycles. The number of nitro groups is 1. The molecule has 0 heterocycles. The van der Waals surface area contributed by atoms with Crippen molar-refractivity contribution in [3.05, 3.63) is 33.9 Å². The molecule has 16 heavy (non-hydrogen) atoms. The van der Waals surface area contributed by atoms with Crippen molar-refractivity contribution in [1.29, 1.82) is 0 Å². The lowest BCUT2D eigenvalue weighted by Gasteiger charge is -2.10. The quantitative estimate of drug-likeness (QED) is 0.614. The fourth-order valence-electron chi connectivity index (χ4n) is 1.20. The van der Waals surface area contributed by atoms with Gasteiger partial charge in [0, 0.05) is 6.07 Å². The minimum absolute atomic E-state index is 0.0664. The second-order valence-corrected chi connectivity index (χ2v) is 3.60. The molecule has 0 amide bonds. The first kappa shape index (κ1) is 12.4. The van der Waals surface area contributed by atoms with Crippen LogP contribution in [0.3, 0.4) is 0 Å². The second kappa shape index (κ2) is 5.46. The number of aryl methyl sites for hydroxylation is 1. The summed E-state index contributed by atoms with van der Waals surface area (Å²) in [5.74, 6) is 0.197. The minimum atomic E-state index is -0.596. The van der Waals surface area contributed by atoms with Crippen LogP contribution >= 0.6 is 0 Å². The average molecular weight is 225 g/mol. The number of benzene rings is 1. The summed E-state index contributed by atoms with van der Waals surface area (Å²) in [6, 6.07) is 4.74. The van der Waals surface area contributed by atoms with E-state index in [9.17, 15) is 15.2 Å². The summed E-state index contributed by atoms with van der Waals surface area (Å²) in [5, 5.41) is 20.1. The van der Waals surface area contributed by atoms with Gasteiger partial charge in [-0.15, -0.1) is 0 Å². The predicted octanol–water partition coefficient (Wildman–Crippen LogP) is 2.05. The molecule has 1 N–H and O–H groups in total. The normalized spacial score (nSPS) is 12.2. The molecule has 0 aliphatic heterocycles. The minimum Gasteiger partial charge on any atom is -0.484 e. The van der Waals surface area contributed by atoms with Crippen molar-refractivity contribution in [3.8, 4) is 5.75 Å². The fourth-order valence-corrected chi connectivity index (χ4v) is 1.20. The number of hydrogen-bond acceptors (Lipinski definition) is 4. The molecule has 1 rings (SSSR count). The van der Waals surface area contributed by atoms with Crippen LogP contribution in [0, 0.1) is 17.0 Å². The zero-order valence-corrected chi connectivity index (χ0v) is 9.34. The molecule has 5 heteroatoms. The lowest BCUT2D eigenvalue weighted by molar-refractivity contribution is -0.386. The van der Waals surface area contributed by atoms with Crippen molar-refractivity contribution in [2.75, 3.05) is 6.61 Å². The molecule has 1 unspecified atom stereocenters. The first-order chi connectivity index (χ1) is 7.54. The van der Waals surface area contributed by atoms with Crippen molar-refractivity contribution in [2.24, 2.45) is 0 Å². The molecule has 0 fully saturated rings. The van der Waals surface area contributed by atoms with Crippen molar-refractivity contribution >= 4 is 5.69 Å². The third kappa shape index (κ3) is 3.20. The van der Waals surface area contributed by atoms with E-state index in [0.29, 0.717) is 6.42 Å². The topological polar surface area (TPSA) is 72.6 Å². The molecule has 0 aliphatic carbocycles. The van der Waals surface area contributed by atoms with Gasteiger partial charge in [0.05, 0.1) is 11.0 Å². The van der Waals surface area contributed by atoms with E-state index < -0.39 is 11.0 Å². The van der Waals surface area contributed by atoms with Crippen LogP contribution in [0.5, 0.6) is 5.75 Å². The maximum Gasteiger partial charge on any atom is 0.311 e. The summed E-state index contributed by atoms with van der Waals surface area (Å²) in [7, 11) is 0. The third-order valence-corrected chi connectivity index (χ3v) is 2.21. The van der Waals surface area contributed by atoms with Crippen LogP contribution in [-0.4, -0.2) is 22.7 Å². The van der Waals surface area contributed by atoms with E-state index in [1.165, 1.54) is 6.07 Å². The van der Waals surface area contributed by atoms with Crippen molar-refractivity contribution in [3.63, 3.8) is 0 Å². The highest BCUT2D eigenvalue weighted by Gasteiger charge is 2.15. The Labute approximate surface area is 93.8 Å². The molecule has 0 spiro atoms. The predicted molar refractivity (Wildman–Crippen MR) is 59.6 cm³/mol. The van der Waals surface area contributed by atoms with Crippen LogP contribution in [0.25, 0.3) is 0 Å². The van der Waals surface area contributed by atoms with E-state index in [4.69, 9.17) is 4.74 Å². The molecule has 1 aromatic carbocycles. The van der Waals surface area contributed by atoms with Crippen molar-refractivity contribution in [2.45, 2.75) is 26.4 Å². The highest BCUT2D eigenvalue weighted by molar-refractivity contribution is 5.48. The monoisotopic (exact) mass is 225 g/mol. The Hall–Kier alpha value is -1.62. The summed E-state index contributed by atoms with van der Waals surface area (Å²) in [6.07, 6.45) is -0.0412. The summed E-state index contributed by atoms with van der Waals surface area (Å²) < 4.78 is 5.21. The van der Waals surface area contributed by atoms with Gasteiger partial charge in [0.15, 0.2) is 5.75 Å². The molecule has 1 atom stereocenters. The van der Waals surface area contributed by atoms with Gasteiger partial charge in [0.1, 0.15) is 6.61 Å². The number of ether oxygens (including phenoxy) is 1. The number of aliphatic hydroxyl groups is 1. The number of nitro benzene ring substituents is 1. The number of aliphatic hydroxyl groups excluding tert-OH is 1. The smallest absolute Gasteiger partial charge is 0.311 e. The Morgan fingerprint density at radius 1 is 1.56 bits per heavy atom. The Bertz CT molecular complexity index is 378. The molecule has 0 saturated heterocycles. The first-order valence-corrected chi connectivity index (χ1v) is 5.10. The van der Waals surface area contributed by atoms with E-state index >= 15 is 0 Å². The SMILES string of the molecule is CCC(O)COc1ccc(C)cc1[N+](=O)[O-]. The Morgan fingerprint density at radius 3 is 2.81 bits per heavy atom. The van der Waals surface area contributed by atoms with Gasteiger partial charge in [-0.3, -0.25) is 10.1 Å². The Balaban J connectivity index is 2.82. The zero-order chi connectivity index (χ0) is 12.1. The fraction of sp³-hybridized carbons (Fsp3) is 0.455. The zero-order valence-electron chi connectivity index (χ0n) is 9.34. The largest absolute Gasteiger partial charge is 0.484 e. The average Bonchev–Trinajstić information content (AvgIpc) is 2.26. The van der Waals surface area contributed by atoms with Crippen LogP contribution in [0.2, 0.25) is 0 Å². The maximum atomic E-state index is 10.8. The number of hydrogen-bond donors (Lipinski definition) is 1. The van der Waals surface area contributed by atoms with Crippen LogP contribution in [-0.2, 0) is 0 Å². The first-order valence-electron chi connectivity index (χ1n) is 5.10. The van der Waals surface area contributed by atoms with Crippen LogP contribution < -0.4 is 4.74 Å². The van der Waals surface area contributed by atoms with Gasteiger partial charge in [0.25, 0.3) is 0 Å². The van der Waals surface area contributed by atoms with E-state index in [-0.39, 0.29) is 18.0 Å². The van der Waals surface area contributed by atoms with E-state index in [0.717, 1.165) is 5.56 Å². The molecule has 0 aliphatic rings. The van der Waals surface area contributed by atoms with E-state index in [2.05, 4.69) is 0 Å². The van der Waals surface area contributed by atoms with Crippen molar-refractivity contribution in [1.82, 2.24) is 0 Å². The van der Waals surface area contributed by atoms with Crippen LogP contribution in [0.4, 0.5) is 5.69 Å². The Kier molecular flexibility index (Phi) is 4.25. The Morgan fingerprint density at radius 2 is 2.25 bits per heavy atom. The molecular weight excluding hydrogens is 210 g/mol. The lowest BCUT2D eigenvalue weighted by Crippen LogP contribution is -2.16. The summed E-state index contributed by atoms with van der Waals surface area (Å²) in [5.41, 5.74) is 0.735. The maximum absolute atomic E-state index is 10.8. The van der Waals surface area contributed by atoms with Gasteiger partial charge >= 0.3 is 5.69 Å².